The lowest BCUT2D eigenvalue weighted by molar-refractivity contribution is -0.117. The van der Waals surface area contributed by atoms with E-state index in [0.29, 0.717) is 11.7 Å². The van der Waals surface area contributed by atoms with Gasteiger partial charge in [-0.05, 0) is 50.3 Å². The Kier molecular flexibility index (Phi) is 6.11. The van der Waals surface area contributed by atoms with Gasteiger partial charge in [0.15, 0.2) is 5.16 Å². The van der Waals surface area contributed by atoms with Crippen LogP contribution in [0.2, 0.25) is 0 Å². The predicted octanol–water partition coefficient (Wildman–Crippen LogP) is 4.67. The monoisotopic (exact) mass is 439 g/mol. The second-order valence-electron chi connectivity index (χ2n) is 7.48. The van der Waals surface area contributed by atoms with Crippen LogP contribution in [0, 0.1) is 0 Å². The Balaban J connectivity index is 1.69. The van der Waals surface area contributed by atoms with E-state index in [-0.39, 0.29) is 16.7 Å². The minimum atomic E-state index is -0.384. The first-order chi connectivity index (χ1) is 14.5. The Morgan fingerprint density at radius 3 is 2.80 bits per heavy atom. The molecule has 0 saturated carbocycles. The summed E-state index contributed by atoms with van der Waals surface area (Å²) in [5.41, 5.74) is 2.01. The van der Waals surface area contributed by atoms with Gasteiger partial charge in [0.05, 0.1) is 10.6 Å². The van der Waals surface area contributed by atoms with Gasteiger partial charge in [-0.25, -0.2) is 4.98 Å². The number of rotatable bonds is 6. The largest absolute Gasteiger partial charge is 0.315 e. The van der Waals surface area contributed by atoms with E-state index in [9.17, 15) is 9.59 Å². The topological polar surface area (TPSA) is 55.2 Å². The molecule has 2 aromatic heterocycles. The first-order valence-corrected chi connectivity index (χ1v) is 11.9. The van der Waals surface area contributed by atoms with E-state index in [1.807, 2.05) is 37.3 Å². The third-order valence-corrected chi connectivity index (χ3v) is 7.72. The van der Waals surface area contributed by atoms with Crippen molar-refractivity contribution in [1.29, 1.82) is 0 Å². The summed E-state index contributed by atoms with van der Waals surface area (Å²) in [6.07, 6.45) is 5.97. The molecule has 0 unspecified atom stereocenters. The summed E-state index contributed by atoms with van der Waals surface area (Å²) in [4.78, 5) is 34.9. The molecule has 0 saturated heterocycles. The molecule has 3 aromatic rings. The van der Waals surface area contributed by atoms with Gasteiger partial charge in [-0.3, -0.25) is 14.2 Å². The van der Waals surface area contributed by atoms with Crippen molar-refractivity contribution in [2.24, 2.45) is 0 Å². The lowest BCUT2D eigenvalue weighted by Gasteiger charge is -2.21. The van der Waals surface area contributed by atoms with Gasteiger partial charge in [-0.1, -0.05) is 36.0 Å². The number of allylic oxidation sites excluding steroid dienone is 1. The van der Waals surface area contributed by atoms with Crippen LogP contribution in [-0.4, -0.2) is 27.8 Å². The molecule has 1 aromatic carbocycles. The van der Waals surface area contributed by atoms with Crippen LogP contribution >= 0.6 is 23.1 Å². The van der Waals surface area contributed by atoms with Crippen molar-refractivity contribution >= 4 is 44.9 Å². The first-order valence-electron chi connectivity index (χ1n) is 10.2. The highest BCUT2D eigenvalue weighted by Crippen LogP contribution is 2.35. The number of benzene rings is 1. The van der Waals surface area contributed by atoms with Crippen LogP contribution in [0.4, 0.5) is 5.69 Å². The smallest absolute Gasteiger partial charge is 0.263 e. The number of carbonyl (C=O) groups excluding carboxylic acids is 1. The van der Waals surface area contributed by atoms with Crippen LogP contribution in [-0.2, 0) is 24.2 Å². The number of carbonyl (C=O) groups is 1. The van der Waals surface area contributed by atoms with Crippen LogP contribution in [0.1, 0.15) is 30.2 Å². The Morgan fingerprint density at radius 1 is 1.33 bits per heavy atom. The number of amides is 1. The predicted molar refractivity (Wildman–Crippen MR) is 126 cm³/mol. The molecule has 1 aliphatic rings. The first kappa shape index (κ1) is 20.9. The maximum atomic E-state index is 13.4. The summed E-state index contributed by atoms with van der Waals surface area (Å²) in [5, 5.41) is 0.958. The Labute approximate surface area is 184 Å². The van der Waals surface area contributed by atoms with Gasteiger partial charge in [0, 0.05) is 24.2 Å². The third kappa shape index (κ3) is 3.84. The number of anilines is 1. The molecule has 1 amide bonds. The molecule has 156 valence electrons. The second-order valence-corrected chi connectivity index (χ2v) is 9.87. The van der Waals surface area contributed by atoms with Crippen molar-refractivity contribution in [1.82, 2.24) is 9.55 Å². The van der Waals surface area contributed by atoms with E-state index in [2.05, 4.69) is 6.58 Å². The number of aryl methyl sites for hydroxylation is 2. The lowest BCUT2D eigenvalue weighted by Crippen LogP contribution is -2.34. The minimum Gasteiger partial charge on any atom is -0.315 e. The number of thiophene rings is 1. The number of hydrogen-bond acceptors (Lipinski definition) is 5. The fourth-order valence-corrected chi connectivity index (χ4v) is 6.17. The van der Waals surface area contributed by atoms with E-state index < -0.39 is 0 Å². The molecule has 2 heterocycles. The van der Waals surface area contributed by atoms with Crippen molar-refractivity contribution in [3.63, 3.8) is 0 Å². The number of aromatic nitrogens is 2. The van der Waals surface area contributed by atoms with Gasteiger partial charge in [0.1, 0.15) is 4.83 Å². The molecule has 0 N–H and O–H groups in total. The van der Waals surface area contributed by atoms with Gasteiger partial charge >= 0.3 is 0 Å². The zero-order valence-corrected chi connectivity index (χ0v) is 18.9. The molecule has 1 atom stereocenters. The number of fused-ring (bicyclic) bond motifs is 3. The molecule has 5 nitrogen and oxygen atoms in total. The number of thioether (sulfide) groups is 1. The van der Waals surface area contributed by atoms with E-state index in [0.717, 1.165) is 35.2 Å². The highest BCUT2D eigenvalue weighted by atomic mass is 32.2. The zero-order chi connectivity index (χ0) is 21.3. The molecule has 1 aliphatic carbocycles. The zero-order valence-electron chi connectivity index (χ0n) is 17.3. The van der Waals surface area contributed by atoms with Crippen LogP contribution in [0.15, 0.2) is 52.9 Å². The second kappa shape index (κ2) is 8.78. The van der Waals surface area contributed by atoms with Crippen molar-refractivity contribution in [3.8, 4) is 0 Å². The molecular formula is C23H25N3O2S2. The standard InChI is InChI=1S/C23H25N3O2S2/c1-4-14-26-22(28)19-17-12-8-9-13-18(17)30-20(19)24-23(26)29-15(2)21(27)25(3)16-10-6-5-7-11-16/h4-7,10-11,15H,1,8-9,12-14H2,2-3H3/t15-/m1/s1. The summed E-state index contributed by atoms with van der Waals surface area (Å²) < 4.78 is 1.66. The van der Waals surface area contributed by atoms with E-state index in [1.165, 1.54) is 28.6 Å². The van der Waals surface area contributed by atoms with Crippen molar-refractivity contribution in [2.45, 2.75) is 49.6 Å². The fourth-order valence-electron chi connectivity index (χ4n) is 3.86. The van der Waals surface area contributed by atoms with Crippen molar-refractivity contribution < 1.29 is 4.79 Å². The molecule has 0 bridgehead atoms. The van der Waals surface area contributed by atoms with Crippen molar-refractivity contribution in [2.75, 3.05) is 11.9 Å². The van der Waals surface area contributed by atoms with E-state index >= 15 is 0 Å². The lowest BCUT2D eigenvalue weighted by atomic mass is 9.97. The summed E-state index contributed by atoms with van der Waals surface area (Å²) in [6.45, 7) is 6.05. The highest BCUT2D eigenvalue weighted by Gasteiger charge is 2.25. The van der Waals surface area contributed by atoms with Crippen LogP contribution < -0.4 is 10.5 Å². The maximum Gasteiger partial charge on any atom is 0.263 e. The Morgan fingerprint density at radius 2 is 2.07 bits per heavy atom. The average Bonchev–Trinajstić information content (AvgIpc) is 3.14. The van der Waals surface area contributed by atoms with Gasteiger partial charge in [0.25, 0.3) is 5.56 Å². The minimum absolute atomic E-state index is 0.0159. The van der Waals surface area contributed by atoms with Gasteiger partial charge in [0.2, 0.25) is 5.91 Å². The average molecular weight is 440 g/mol. The quantitative estimate of drug-likeness (QED) is 0.318. The van der Waals surface area contributed by atoms with E-state index in [1.54, 1.807) is 33.9 Å². The third-order valence-electron chi connectivity index (χ3n) is 5.46. The molecule has 30 heavy (non-hydrogen) atoms. The molecular weight excluding hydrogens is 414 g/mol. The van der Waals surface area contributed by atoms with Crippen LogP contribution in [0.5, 0.6) is 0 Å². The van der Waals surface area contributed by atoms with Crippen LogP contribution in [0.25, 0.3) is 10.2 Å². The Bertz CT molecular complexity index is 1150. The fraction of sp³-hybridized carbons (Fsp3) is 0.348. The molecule has 4 rings (SSSR count). The SMILES string of the molecule is C=CCn1c(S[C@H](C)C(=O)N(C)c2ccccc2)nc2sc3c(c2c1=O)CCCC3. The van der Waals surface area contributed by atoms with E-state index in [4.69, 9.17) is 4.98 Å². The number of hydrogen-bond donors (Lipinski definition) is 0. The van der Waals surface area contributed by atoms with Gasteiger partial charge < -0.3 is 4.90 Å². The normalized spacial score (nSPS) is 14.3. The van der Waals surface area contributed by atoms with Gasteiger partial charge in [-0.15, -0.1) is 17.9 Å². The van der Waals surface area contributed by atoms with Gasteiger partial charge in [-0.2, -0.15) is 0 Å². The molecule has 0 radical (unpaired) electrons. The molecule has 0 fully saturated rings. The number of nitrogens with zero attached hydrogens (tertiary/aromatic N) is 3. The number of para-hydroxylation sites is 1. The highest BCUT2D eigenvalue weighted by molar-refractivity contribution is 8.00. The molecule has 0 spiro atoms. The maximum absolute atomic E-state index is 13.4. The van der Waals surface area contributed by atoms with Crippen LogP contribution in [0.3, 0.4) is 0 Å². The molecule has 7 heteroatoms. The summed E-state index contributed by atoms with van der Waals surface area (Å²) in [6, 6.07) is 9.56. The Hall–Kier alpha value is -2.38. The molecule has 0 aliphatic heterocycles. The summed E-state index contributed by atoms with van der Waals surface area (Å²) in [5.74, 6) is -0.0313. The summed E-state index contributed by atoms with van der Waals surface area (Å²) in [7, 11) is 1.77. The summed E-state index contributed by atoms with van der Waals surface area (Å²) >= 11 is 2.97. The van der Waals surface area contributed by atoms with Crippen molar-refractivity contribution in [3.05, 3.63) is 63.8 Å².